The average Bonchev–Trinajstić information content (AvgIpc) is 3.63. The van der Waals surface area contributed by atoms with Gasteiger partial charge in [0, 0.05) is 33.3 Å². The van der Waals surface area contributed by atoms with Crippen LogP contribution in [0.25, 0.3) is 38.7 Å². The number of rotatable bonds is 7. The highest BCUT2D eigenvalue weighted by Gasteiger charge is 2.16. The van der Waals surface area contributed by atoms with Crippen molar-refractivity contribution in [3.63, 3.8) is 0 Å². The minimum atomic E-state index is -0.185. The number of carbonyl (C=O) groups excluding carboxylic acids is 1. The molecule has 0 radical (unpaired) electrons. The Kier molecular flexibility index (Phi) is 6.14. The summed E-state index contributed by atoms with van der Waals surface area (Å²) < 4.78 is 8.02. The fourth-order valence-corrected chi connectivity index (χ4v) is 5.10. The summed E-state index contributed by atoms with van der Waals surface area (Å²) >= 11 is 0. The Bertz CT molecular complexity index is 2040. The number of furan rings is 1. The summed E-state index contributed by atoms with van der Waals surface area (Å²) in [6.07, 6.45) is 2.52. The molecule has 0 spiro atoms. The third kappa shape index (κ3) is 4.66. The third-order valence-corrected chi connectivity index (χ3v) is 7.09. The second kappa shape index (κ2) is 10.3. The molecule has 4 N–H and O–H groups in total. The van der Waals surface area contributed by atoms with Gasteiger partial charge in [0.15, 0.2) is 0 Å². The molecule has 7 rings (SSSR count). The van der Waals surface area contributed by atoms with Crippen LogP contribution >= 0.6 is 0 Å². The van der Waals surface area contributed by atoms with E-state index in [0.717, 1.165) is 56.4 Å². The first kappa shape index (κ1) is 24.6. The van der Waals surface area contributed by atoms with Crippen molar-refractivity contribution in [3.05, 3.63) is 120 Å². The van der Waals surface area contributed by atoms with E-state index >= 15 is 0 Å². The summed E-state index contributed by atoms with van der Waals surface area (Å²) in [5.41, 5.74) is 12.9. The summed E-state index contributed by atoms with van der Waals surface area (Å²) in [5.74, 6) is 0.351. The summed E-state index contributed by atoms with van der Waals surface area (Å²) in [4.78, 5) is 17.8. The average molecular weight is 539 g/mol. The van der Waals surface area contributed by atoms with E-state index in [1.807, 2.05) is 91.0 Å². The fourth-order valence-electron chi connectivity index (χ4n) is 5.10. The van der Waals surface area contributed by atoms with Crippen molar-refractivity contribution >= 4 is 50.7 Å². The van der Waals surface area contributed by atoms with Crippen molar-refractivity contribution in [2.45, 2.75) is 6.42 Å². The summed E-state index contributed by atoms with van der Waals surface area (Å²) in [5, 5.41) is 12.9. The number of nitrogens with one attached hydrogen (secondary N) is 2. The number of hydrogen-bond donors (Lipinski definition) is 3. The molecule has 0 aliphatic carbocycles. The van der Waals surface area contributed by atoms with E-state index in [9.17, 15) is 4.79 Å². The van der Waals surface area contributed by atoms with Gasteiger partial charge in [0.05, 0.1) is 17.4 Å². The summed E-state index contributed by atoms with van der Waals surface area (Å²) in [6, 6.07) is 33.1. The van der Waals surface area contributed by atoms with Gasteiger partial charge < -0.3 is 20.8 Å². The smallest absolute Gasteiger partial charge is 0.255 e. The largest absolute Gasteiger partial charge is 0.455 e. The zero-order valence-electron chi connectivity index (χ0n) is 22.0. The molecule has 0 saturated carbocycles. The molecule has 4 aromatic carbocycles. The van der Waals surface area contributed by atoms with E-state index in [-0.39, 0.29) is 5.91 Å². The molecule has 0 fully saturated rings. The van der Waals surface area contributed by atoms with Gasteiger partial charge in [-0.05, 0) is 73.1 Å². The van der Waals surface area contributed by atoms with Gasteiger partial charge >= 0.3 is 0 Å². The Balaban J connectivity index is 1.20. The van der Waals surface area contributed by atoms with Gasteiger partial charge in [-0.25, -0.2) is 9.50 Å². The highest BCUT2D eigenvalue weighted by atomic mass is 16.3. The fraction of sp³-hybridized carbons (Fsp3) is 0.0606. The lowest BCUT2D eigenvalue weighted by atomic mass is 10.1. The number of benzene rings is 4. The van der Waals surface area contributed by atoms with Crippen LogP contribution in [-0.4, -0.2) is 27.0 Å². The zero-order chi connectivity index (χ0) is 27.8. The van der Waals surface area contributed by atoms with Gasteiger partial charge in [-0.1, -0.05) is 48.5 Å². The van der Waals surface area contributed by atoms with E-state index in [2.05, 4.69) is 27.9 Å². The Hall–Kier alpha value is -5.47. The minimum absolute atomic E-state index is 0.185. The molecule has 0 atom stereocenters. The minimum Gasteiger partial charge on any atom is -0.455 e. The molecular formula is C33H26N6O2. The Morgan fingerprint density at radius 2 is 1.66 bits per heavy atom. The quantitative estimate of drug-likeness (QED) is 0.206. The molecular weight excluding hydrogens is 512 g/mol. The van der Waals surface area contributed by atoms with Gasteiger partial charge in [-0.3, -0.25) is 4.79 Å². The van der Waals surface area contributed by atoms with Gasteiger partial charge in [0.1, 0.15) is 11.2 Å². The molecule has 7 aromatic rings. The molecule has 8 nitrogen and oxygen atoms in total. The van der Waals surface area contributed by atoms with Crippen LogP contribution in [0.15, 0.2) is 114 Å². The number of carbonyl (C=O) groups is 1. The van der Waals surface area contributed by atoms with E-state index in [1.54, 1.807) is 10.7 Å². The van der Waals surface area contributed by atoms with Gasteiger partial charge in [0.2, 0.25) is 5.95 Å². The molecule has 41 heavy (non-hydrogen) atoms. The first-order valence-electron chi connectivity index (χ1n) is 13.4. The maximum Gasteiger partial charge on any atom is 0.255 e. The van der Waals surface area contributed by atoms with Crippen LogP contribution in [-0.2, 0) is 6.42 Å². The normalized spacial score (nSPS) is 11.3. The second-order valence-corrected chi connectivity index (χ2v) is 9.81. The van der Waals surface area contributed by atoms with Gasteiger partial charge in [0.25, 0.3) is 5.91 Å². The molecule has 0 unspecified atom stereocenters. The lowest BCUT2D eigenvalue weighted by Gasteiger charge is -2.12. The lowest BCUT2D eigenvalue weighted by Crippen LogP contribution is -2.12. The van der Waals surface area contributed by atoms with Crippen molar-refractivity contribution in [3.8, 4) is 11.3 Å². The number of fused-ring (bicyclic) bond motifs is 4. The van der Waals surface area contributed by atoms with Crippen LogP contribution in [0.1, 0.15) is 15.9 Å². The molecule has 200 valence electrons. The van der Waals surface area contributed by atoms with E-state index in [4.69, 9.17) is 15.1 Å². The van der Waals surface area contributed by atoms with Crippen molar-refractivity contribution in [1.29, 1.82) is 0 Å². The van der Waals surface area contributed by atoms with E-state index < -0.39 is 0 Å². The molecule has 1 amide bonds. The lowest BCUT2D eigenvalue weighted by molar-refractivity contribution is 0.102. The molecule has 3 aromatic heterocycles. The van der Waals surface area contributed by atoms with Crippen molar-refractivity contribution in [2.75, 3.05) is 17.2 Å². The van der Waals surface area contributed by atoms with Crippen LogP contribution < -0.4 is 16.4 Å². The molecule has 3 heterocycles. The van der Waals surface area contributed by atoms with Crippen LogP contribution in [0.5, 0.6) is 0 Å². The van der Waals surface area contributed by atoms with Crippen LogP contribution in [0.3, 0.4) is 0 Å². The monoisotopic (exact) mass is 538 g/mol. The van der Waals surface area contributed by atoms with Crippen LogP contribution in [0, 0.1) is 0 Å². The SMILES string of the molecule is NCCc1ccc(C(=O)Nc2cccc(Nc3nc(-c4cccc5c4oc4ccccc45)cc4ccnn34)c2)cc1. The van der Waals surface area contributed by atoms with Gasteiger partial charge in [-0.2, -0.15) is 5.10 Å². The number of anilines is 3. The van der Waals surface area contributed by atoms with Crippen molar-refractivity contribution in [1.82, 2.24) is 14.6 Å². The highest BCUT2D eigenvalue weighted by molar-refractivity contribution is 6.09. The number of aromatic nitrogens is 3. The molecule has 8 heteroatoms. The van der Waals surface area contributed by atoms with Crippen LogP contribution in [0.4, 0.5) is 17.3 Å². The van der Waals surface area contributed by atoms with E-state index in [1.165, 1.54) is 0 Å². The number of para-hydroxylation sites is 2. The van der Waals surface area contributed by atoms with E-state index in [0.29, 0.717) is 23.7 Å². The molecule has 0 saturated heterocycles. The van der Waals surface area contributed by atoms with Crippen molar-refractivity contribution in [2.24, 2.45) is 5.73 Å². The predicted molar refractivity (Wildman–Crippen MR) is 163 cm³/mol. The topological polar surface area (TPSA) is 110 Å². The number of nitrogens with zero attached hydrogens (tertiary/aromatic N) is 3. The first-order chi connectivity index (χ1) is 20.2. The highest BCUT2D eigenvalue weighted by Crippen LogP contribution is 2.36. The maximum absolute atomic E-state index is 12.9. The molecule has 0 aliphatic heterocycles. The van der Waals surface area contributed by atoms with Crippen LogP contribution in [0.2, 0.25) is 0 Å². The van der Waals surface area contributed by atoms with Crippen molar-refractivity contribution < 1.29 is 9.21 Å². The van der Waals surface area contributed by atoms with Gasteiger partial charge in [-0.15, -0.1) is 0 Å². The number of nitrogens with two attached hydrogens (primary N) is 1. The first-order valence-corrected chi connectivity index (χ1v) is 13.4. The maximum atomic E-state index is 12.9. The third-order valence-electron chi connectivity index (χ3n) is 7.09. The molecule has 0 aliphatic rings. The number of amides is 1. The molecule has 0 bridgehead atoms. The summed E-state index contributed by atoms with van der Waals surface area (Å²) in [6.45, 7) is 0.573. The Morgan fingerprint density at radius 1 is 0.854 bits per heavy atom. The summed E-state index contributed by atoms with van der Waals surface area (Å²) in [7, 11) is 0. The standard InChI is InChI=1S/C33H26N6O2/c34-17-15-21-11-13-22(14-12-21)32(40)36-23-5-3-6-24(19-23)37-33-38-29(20-25-16-18-35-39(25)33)28-9-4-8-27-26-7-1-2-10-30(26)41-31(27)28/h1-14,16,18-20H,15,17,34H2,(H,36,40)(H,37,38). The number of hydrogen-bond acceptors (Lipinski definition) is 6. The second-order valence-electron chi connectivity index (χ2n) is 9.81. The zero-order valence-corrected chi connectivity index (χ0v) is 22.0. The Labute approximate surface area is 235 Å². The predicted octanol–water partition coefficient (Wildman–Crippen LogP) is 6.79. The Morgan fingerprint density at radius 3 is 2.54 bits per heavy atom.